The molecule has 2 aliphatic rings. The first kappa shape index (κ1) is 11.4. The van der Waals surface area contributed by atoms with Crippen LogP contribution in [0, 0.1) is 0 Å². The van der Waals surface area contributed by atoms with Gasteiger partial charge in [-0.1, -0.05) is 12.8 Å². The highest BCUT2D eigenvalue weighted by Gasteiger charge is 2.34. The number of hydrogen-bond acceptors (Lipinski definition) is 3. The molecule has 3 heteroatoms. The first-order chi connectivity index (χ1) is 7.18. The van der Waals surface area contributed by atoms with Crippen LogP contribution in [0.5, 0.6) is 0 Å². The van der Waals surface area contributed by atoms with Crippen LogP contribution in [0.2, 0.25) is 0 Å². The molecule has 1 saturated heterocycles. The molecule has 0 aromatic rings. The minimum Gasteiger partial charge on any atom is -0.391 e. The molecular formula is C12H24N2O. The van der Waals surface area contributed by atoms with Gasteiger partial charge in [0.05, 0.1) is 6.10 Å². The van der Waals surface area contributed by atoms with E-state index in [0.29, 0.717) is 12.1 Å². The van der Waals surface area contributed by atoms with Gasteiger partial charge in [0.25, 0.3) is 0 Å². The highest BCUT2D eigenvalue weighted by Crippen LogP contribution is 2.26. The Labute approximate surface area is 93.1 Å². The molecule has 0 radical (unpaired) electrons. The predicted octanol–water partition coefficient (Wildman–Crippen LogP) is 0.926. The molecule has 1 N–H and O–H groups in total. The molecule has 0 bridgehead atoms. The second-order valence-corrected chi connectivity index (χ2v) is 5.32. The summed E-state index contributed by atoms with van der Waals surface area (Å²) in [4.78, 5) is 4.82. The maximum Gasteiger partial charge on any atom is 0.0695 e. The van der Waals surface area contributed by atoms with E-state index in [-0.39, 0.29) is 6.10 Å². The van der Waals surface area contributed by atoms with Gasteiger partial charge >= 0.3 is 0 Å². The van der Waals surface area contributed by atoms with Crippen molar-refractivity contribution in [2.24, 2.45) is 0 Å². The molecule has 3 atom stereocenters. The molecule has 0 aromatic heterocycles. The summed E-state index contributed by atoms with van der Waals surface area (Å²) >= 11 is 0. The highest BCUT2D eigenvalue weighted by atomic mass is 16.3. The normalized spacial score (nSPS) is 38.8. The van der Waals surface area contributed by atoms with Gasteiger partial charge in [-0.2, -0.15) is 0 Å². The van der Waals surface area contributed by atoms with Gasteiger partial charge in [-0.15, -0.1) is 0 Å². The molecule has 1 saturated carbocycles. The van der Waals surface area contributed by atoms with Crippen molar-refractivity contribution in [1.29, 1.82) is 0 Å². The molecule has 1 aliphatic carbocycles. The Morgan fingerprint density at radius 2 is 1.87 bits per heavy atom. The fourth-order valence-corrected chi connectivity index (χ4v) is 3.01. The first-order valence-corrected chi connectivity index (χ1v) is 6.27. The summed E-state index contributed by atoms with van der Waals surface area (Å²) in [6.45, 7) is 2.32. The lowest BCUT2D eigenvalue weighted by atomic mass is 9.91. The molecule has 88 valence electrons. The Morgan fingerprint density at radius 1 is 1.13 bits per heavy atom. The third-order valence-electron chi connectivity index (χ3n) is 4.09. The molecule has 3 nitrogen and oxygen atoms in total. The summed E-state index contributed by atoms with van der Waals surface area (Å²) in [5, 5.41) is 10.00. The van der Waals surface area contributed by atoms with Crippen molar-refractivity contribution in [2.45, 2.75) is 50.3 Å². The Balaban J connectivity index is 1.89. The zero-order valence-electron chi connectivity index (χ0n) is 10.0. The highest BCUT2D eigenvalue weighted by molar-refractivity contribution is 4.90. The maximum absolute atomic E-state index is 10.00. The SMILES string of the molecule is CN(C)C1CCN([C@H]2CCCC[C@@H]2O)C1. The summed E-state index contributed by atoms with van der Waals surface area (Å²) in [5.74, 6) is 0. The van der Waals surface area contributed by atoms with Crippen LogP contribution >= 0.6 is 0 Å². The van der Waals surface area contributed by atoms with Gasteiger partial charge in [0.2, 0.25) is 0 Å². The quantitative estimate of drug-likeness (QED) is 0.737. The molecule has 1 unspecified atom stereocenters. The lowest BCUT2D eigenvalue weighted by Crippen LogP contribution is -2.45. The Hall–Kier alpha value is -0.120. The molecule has 2 fully saturated rings. The zero-order valence-corrected chi connectivity index (χ0v) is 10.0. The topological polar surface area (TPSA) is 26.7 Å². The van der Waals surface area contributed by atoms with Crippen LogP contribution in [0.15, 0.2) is 0 Å². The number of aliphatic hydroxyl groups excluding tert-OH is 1. The largest absolute Gasteiger partial charge is 0.391 e. The second kappa shape index (κ2) is 4.81. The average molecular weight is 212 g/mol. The van der Waals surface area contributed by atoms with Gasteiger partial charge in [0, 0.05) is 25.2 Å². The van der Waals surface area contributed by atoms with Crippen molar-refractivity contribution in [2.75, 3.05) is 27.2 Å². The van der Waals surface area contributed by atoms with E-state index in [0.717, 1.165) is 13.0 Å². The van der Waals surface area contributed by atoms with Gasteiger partial charge in [-0.25, -0.2) is 0 Å². The van der Waals surface area contributed by atoms with Crippen molar-refractivity contribution >= 4 is 0 Å². The van der Waals surface area contributed by atoms with E-state index in [2.05, 4.69) is 23.9 Å². The van der Waals surface area contributed by atoms with Crippen molar-refractivity contribution in [3.8, 4) is 0 Å². The summed E-state index contributed by atoms with van der Waals surface area (Å²) in [6, 6.07) is 1.14. The molecule has 0 aromatic carbocycles. The van der Waals surface area contributed by atoms with Gasteiger partial charge in [-0.05, 0) is 33.4 Å². The molecule has 15 heavy (non-hydrogen) atoms. The molecule has 2 rings (SSSR count). The van der Waals surface area contributed by atoms with E-state index in [1.54, 1.807) is 0 Å². The monoisotopic (exact) mass is 212 g/mol. The summed E-state index contributed by atoms with van der Waals surface area (Å²) < 4.78 is 0. The number of likely N-dealkylation sites (N-methyl/N-ethyl adjacent to an activating group) is 1. The Bertz CT molecular complexity index is 208. The van der Waals surface area contributed by atoms with Crippen molar-refractivity contribution in [1.82, 2.24) is 9.80 Å². The Kier molecular flexibility index (Phi) is 3.65. The van der Waals surface area contributed by atoms with Crippen LogP contribution in [-0.4, -0.2) is 60.3 Å². The molecule has 1 aliphatic heterocycles. The molecular weight excluding hydrogens is 188 g/mol. The van der Waals surface area contributed by atoms with Gasteiger partial charge < -0.3 is 10.0 Å². The standard InChI is InChI=1S/C12H24N2O/c1-13(2)10-7-8-14(9-10)11-5-3-4-6-12(11)15/h10-12,15H,3-9H2,1-2H3/t10?,11-,12-/m0/s1. The van der Waals surface area contributed by atoms with Crippen LogP contribution in [-0.2, 0) is 0 Å². The zero-order chi connectivity index (χ0) is 10.8. The van der Waals surface area contributed by atoms with E-state index in [1.165, 1.54) is 32.2 Å². The molecule has 0 spiro atoms. The summed E-state index contributed by atoms with van der Waals surface area (Å²) in [6.07, 6.45) is 5.90. The minimum atomic E-state index is -0.0698. The van der Waals surface area contributed by atoms with Crippen LogP contribution in [0.4, 0.5) is 0 Å². The number of aliphatic hydroxyl groups is 1. The smallest absolute Gasteiger partial charge is 0.0695 e. The number of nitrogens with zero attached hydrogens (tertiary/aromatic N) is 2. The molecule has 0 amide bonds. The van der Waals surface area contributed by atoms with E-state index in [9.17, 15) is 5.11 Å². The Morgan fingerprint density at radius 3 is 2.47 bits per heavy atom. The third kappa shape index (κ3) is 2.52. The summed E-state index contributed by atoms with van der Waals surface area (Å²) in [5.41, 5.74) is 0. The fourth-order valence-electron chi connectivity index (χ4n) is 3.01. The van der Waals surface area contributed by atoms with Crippen LogP contribution < -0.4 is 0 Å². The predicted molar refractivity (Wildman–Crippen MR) is 61.9 cm³/mol. The van der Waals surface area contributed by atoms with Crippen molar-refractivity contribution in [3.63, 3.8) is 0 Å². The van der Waals surface area contributed by atoms with E-state index in [1.807, 2.05) is 0 Å². The second-order valence-electron chi connectivity index (χ2n) is 5.32. The van der Waals surface area contributed by atoms with Gasteiger partial charge in [0.15, 0.2) is 0 Å². The van der Waals surface area contributed by atoms with Gasteiger partial charge in [0.1, 0.15) is 0 Å². The van der Waals surface area contributed by atoms with Gasteiger partial charge in [-0.3, -0.25) is 4.90 Å². The molecule has 1 heterocycles. The average Bonchev–Trinajstić information content (AvgIpc) is 2.67. The number of hydrogen-bond donors (Lipinski definition) is 1. The lowest BCUT2D eigenvalue weighted by molar-refractivity contribution is 0.0285. The van der Waals surface area contributed by atoms with Crippen molar-refractivity contribution < 1.29 is 5.11 Å². The number of likely N-dealkylation sites (tertiary alicyclic amines) is 1. The summed E-state index contributed by atoms with van der Waals surface area (Å²) in [7, 11) is 4.32. The van der Waals surface area contributed by atoms with Crippen LogP contribution in [0.25, 0.3) is 0 Å². The van der Waals surface area contributed by atoms with Crippen LogP contribution in [0.3, 0.4) is 0 Å². The van der Waals surface area contributed by atoms with E-state index >= 15 is 0 Å². The maximum atomic E-state index is 10.00. The minimum absolute atomic E-state index is 0.0698. The third-order valence-corrected chi connectivity index (χ3v) is 4.09. The number of rotatable bonds is 2. The first-order valence-electron chi connectivity index (χ1n) is 6.27. The fraction of sp³-hybridized carbons (Fsp3) is 1.00. The van der Waals surface area contributed by atoms with E-state index < -0.39 is 0 Å². The van der Waals surface area contributed by atoms with Crippen molar-refractivity contribution in [3.05, 3.63) is 0 Å². The van der Waals surface area contributed by atoms with Crippen LogP contribution in [0.1, 0.15) is 32.1 Å². The van der Waals surface area contributed by atoms with E-state index in [4.69, 9.17) is 0 Å². The lowest BCUT2D eigenvalue weighted by Gasteiger charge is -2.35.